The van der Waals surface area contributed by atoms with Crippen LogP contribution in [0.4, 0.5) is 11.4 Å². The maximum Gasteiger partial charge on any atom is 0.341 e. The summed E-state index contributed by atoms with van der Waals surface area (Å²) in [6, 6.07) is 13.7. The monoisotopic (exact) mass is 388 g/mol. The van der Waals surface area contributed by atoms with Gasteiger partial charge in [0.05, 0.1) is 17.5 Å². The van der Waals surface area contributed by atoms with Crippen molar-refractivity contribution in [1.29, 1.82) is 0 Å². The van der Waals surface area contributed by atoms with Gasteiger partial charge in [0, 0.05) is 12.2 Å². The van der Waals surface area contributed by atoms with Crippen LogP contribution in [0.3, 0.4) is 0 Å². The molecule has 7 nitrogen and oxygen atoms in total. The molecule has 2 aromatic carbocycles. The Labute approximate surface area is 158 Å². The Balaban J connectivity index is 1.74. The molecule has 27 heavy (non-hydrogen) atoms. The summed E-state index contributed by atoms with van der Waals surface area (Å²) in [4.78, 5) is 26.8. The highest BCUT2D eigenvalue weighted by Crippen LogP contribution is 2.28. The molecule has 0 aromatic heterocycles. The predicted octanol–water partition coefficient (Wildman–Crippen LogP) is 2.19. The minimum atomic E-state index is -3.56. The van der Waals surface area contributed by atoms with Crippen LogP contribution in [0.15, 0.2) is 48.5 Å². The maximum absolute atomic E-state index is 12.7. The standard InChI is InChI=1S/C19H20N2O5S/c1-13(18(22)21-12-11-14-7-3-6-10-17(14)21)26-19(23)15-8-4-5-9-16(15)20-27(2,24)25/h3-10,13,20H,11-12H2,1-2H3/t13-/m1/s1. The van der Waals surface area contributed by atoms with Gasteiger partial charge in [0.25, 0.3) is 5.91 Å². The van der Waals surface area contributed by atoms with E-state index in [-0.39, 0.29) is 17.2 Å². The van der Waals surface area contributed by atoms with Gasteiger partial charge >= 0.3 is 5.97 Å². The highest BCUT2D eigenvalue weighted by atomic mass is 32.2. The molecule has 3 rings (SSSR count). The first-order chi connectivity index (χ1) is 12.8. The molecule has 0 aliphatic carbocycles. The number of nitrogens with one attached hydrogen (secondary N) is 1. The van der Waals surface area contributed by atoms with Crippen molar-refractivity contribution in [1.82, 2.24) is 0 Å². The van der Waals surface area contributed by atoms with E-state index in [9.17, 15) is 18.0 Å². The van der Waals surface area contributed by atoms with Crippen LogP contribution in [0.25, 0.3) is 0 Å². The normalized spacial score (nSPS) is 14.4. The Morgan fingerprint density at radius 3 is 2.52 bits per heavy atom. The second-order valence-electron chi connectivity index (χ2n) is 6.34. The van der Waals surface area contributed by atoms with Crippen LogP contribution < -0.4 is 9.62 Å². The molecule has 0 unspecified atom stereocenters. The summed E-state index contributed by atoms with van der Waals surface area (Å²) in [7, 11) is -3.56. The number of ether oxygens (including phenoxy) is 1. The largest absolute Gasteiger partial charge is 0.449 e. The van der Waals surface area contributed by atoms with Crippen molar-refractivity contribution < 1.29 is 22.7 Å². The number of carbonyl (C=O) groups excluding carboxylic acids is 2. The number of carbonyl (C=O) groups is 2. The summed E-state index contributed by atoms with van der Waals surface area (Å²) in [5.41, 5.74) is 2.05. The van der Waals surface area contributed by atoms with Crippen molar-refractivity contribution in [3.05, 3.63) is 59.7 Å². The second-order valence-corrected chi connectivity index (χ2v) is 8.08. The smallest absolute Gasteiger partial charge is 0.341 e. The molecule has 0 bridgehead atoms. The van der Waals surface area contributed by atoms with E-state index < -0.39 is 22.1 Å². The van der Waals surface area contributed by atoms with Crippen molar-refractivity contribution in [2.24, 2.45) is 0 Å². The van der Waals surface area contributed by atoms with Gasteiger partial charge in [-0.25, -0.2) is 13.2 Å². The van der Waals surface area contributed by atoms with Crippen LogP contribution in [0.2, 0.25) is 0 Å². The van der Waals surface area contributed by atoms with Gasteiger partial charge in [-0.15, -0.1) is 0 Å². The van der Waals surface area contributed by atoms with Gasteiger partial charge in [-0.3, -0.25) is 9.52 Å². The van der Waals surface area contributed by atoms with Crippen LogP contribution in [0.5, 0.6) is 0 Å². The SMILES string of the molecule is C[C@@H](OC(=O)c1ccccc1NS(C)(=O)=O)C(=O)N1CCc2ccccc21. The summed E-state index contributed by atoms with van der Waals surface area (Å²) in [5.74, 6) is -1.09. The van der Waals surface area contributed by atoms with Crippen LogP contribution in [-0.2, 0) is 26.0 Å². The van der Waals surface area contributed by atoms with E-state index in [1.807, 2.05) is 24.3 Å². The van der Waals surface area contributed by atoms with Crippen molar-refractivity contribution in [2.45, 2.75) is 19.4 Å². The van der Waals surface area contributed by atoms with Gasteiger partial charge in [0.15, 0.2) is 6.10 Å². The fourth-order valence-corrected chi connectivity index (χ4v) is 3.59. The number of para-hydroxylation sites is 2. The first kappa shape index (κ1) is 18.9. The molecule has 1 heterocycles. The molecule has 1 amide bonds. The van der Waals surface area contributed by atoms with E-state index in [1.165, 1.54) is 19.1 Å². The molecule has 0 spiro atoms. The molecular weight excluding hydrogens is 368 g/mol. The third-order valence-electron chi connectivity index (χ3n) is 4.23. The van der Waals surface area contributed by atoms with Crippen molar-refractivity contribution >= 4 is 33.3 Å². The van der Waals surface area contributed by atoms with Gasteiger partial charge in [0.1, 0.15) is 0 Å². The molecule has 1 aliphatic rings. The molecular formula is C19H20N2O5S. The zero-order valence-electron chi connectivity index (χ0n) is 15.0. The maximum atomic E-state index is 12.7. The fourth-order valence-electron chi connectivity index (χ4n) is 3.01. The molecule has 0 radical (unpaired) electrons. The van der Waals surface area contributed by atoms with E-state index in [2.05, 4.69) is 4.72 Å². The number of sulfonamides is 1. The Morgan fingerprint density at radius 1 is 1.11 bits per heavy atom. The summed E-state index contributed by atoms with van der Waals surface area (Å²) in [6.07, 6.45) is 0.741. The molecule has 1 aliphatic heterocycles. The molecule has 0 fully saturated rings. The average Bonchev–Trinajstić information content (AvgIpc) is 3.04. The molecule has 2 aromatic rings. The minimum absolute atomic E-state index is 0.0457. The number of rotatable bonds is 5. The number of anilines is 2. The fraction of sp³-hybridized carbons (Fsp3) is 0.263. The van der Waals surface area contributed by atoms with Crippen molar-refractivity contribution in [3.63, 3.8) is 0 Å². The van der Waals surface area contributed by atoms with E-state index in [4.69, 9.17) is 4.74 Å². The van der Waals surface area contributed by atoms with E-state index in [1.54, 1.807) is 17.0 Å². The lowest BCUT2D eigenvalue weighted by atomic mass is 10.2. The zero-order chi connectivity index (χ0) is 19.6. The molecule has 0 saturated heterocycles. The molecule has 1 atom stereocenters. The zero-order valence-corrected chi connectivity index (χ0v) is 15.8. The number of esters is 1. The van der Waals surface area contributed by atoms with Crippen LogP contribution in [0.1, 0.15) is 22.8 Å². The van der Waals surface area contributed by atoms with E-state index in [0.29, 0.717) is 6.54 Å². The van der Waals surface area contributed by atoms with Crippen LogP contribution in [-0.4, -0.2) is 39.2 Å². The van der Waals surface area contributed by atoms with Crippen LogP contribution >= 0.6 is 0 Å². The highest BCUT2D eigenvalue weighted by molar-refractivity contribution is 7.92. The average molecular weight is 388 g/mol. The van der Waals surface area contributed by atoms with Gasteiger partial charge < -0.3 is 9.64 Å². The lowest BCUT2D eigenvalue weighted by Gasteiger charge is -2.22. The summed E-state index contributed by atoms with van der Waals surface area (Å²) < 4.78 is 30.5. The summed E-state index contributed by atoms with van der Waals surface area (Å²) in [6.45, 7) is 2.04. The predicted molar refractivity (Wildman–Crippen MR) is 102 cm³/mol. The van der Waals surface area contributed by atoms with Gasteiger partial charge in [-0.1, -0.05) is 30.3 Å². The number of fused-ring (bicyclic) bond motifs is 1. The van der Waals surface area contributed by atoms with E-state index in [0.717, 1.165) is 23.9 Å². The molecule has 142 valence electrons. The highest BCUT2D eigenvalue weighted by Gasteiger charge is 2.30. The van der Waals surface area contributed by atoms with Crippen LogP contribution in [0, 0.1) is 0 Å². The number of hydrogen-bond donors (Lipinski definition) is 1. The Morgan fingerprint density at radius 2 is 1.78 bits per heavy atom. The Kier molecular flexibility index (Phi) is 5.18. The number of nitrogens with zero attached hydrogens (tertiary/aromatic N) is 1. The third kappa shape index (κ3) is 4.28. The summed E-state index contributed by atoms with van der Waals surface area (Å²) >= 11 is 0. The first-order valence-corrected chi connectivity index (χ1v) is 10.3. The van der Waals surface area contributed by atoms with Gasteiger partial charge in [-0.05, 0) is 37.1 Å². The Bertz CT molecular complexity index is 987. The quantitative estimate of drug-likeness (QED) is 0.793. The van der Waals surface area contributed by atoms with E-state index >= 15 is 0 Å². The molecule has 1 N–H and O–H groups in total. The van der Waals surface area contributed by atoms with Gasteiger partial charge in [0.2, 0.25) is 10.0 Å². The molecule has 8 heteroatoms. The number of hydrogen-bond acceptors (Lipinski definition) is 5. The first-order valence-electron chi connectivity index (χ1n) is 8.43. The lowest BCUT2D eigenvalue weighted by molar-refractivity contribution is -0.126. The Hall–Kier alpha value is -2.87. The van der Waals surface area contributed by atoms with Gasteiger partial charge in [-0.2, -0.15) is 0 Å². The second kappa shape index (κ2) is 7.40. The lowest BCUT2D eigenvalue weighted by Crippen LogP contribution is -2.39. The summed E-state index contributed by atoms with van der Waals surface area (Å²) in [5, 5.41) is 0. The van der Waals surface area contributed by atoms with Crippen molar-refractivity contribution in [3.8, 4) is 0 Å². The minimum Gasteiger partial charge on any atom is -0.449 e. The molecule has 0 saturated carbocycles. The van der Waals surface area contributed by atoms with Crippen molar-refractivity contribution in [2.75, 3.05) is 22.4 Å². The number of amides is 1. The number of benzene rings is 2. The third-order valence-corrected chi connectivity index (χ3v) is 4.82. The topological polar surface area (TPSA) is 92.8 Å².